The molecule has 2 aromatic rings. The maximum atomic E-state index is 11.7. The molecule has 1 fully saturated rings. The summed E-state index contributed by atoms with van der Waals surface area (Å²) in [6.07, 6.45) is 0.139. The Morgan fingerprint density at radius 2 is 2.08 bits per heavy atom. The molecule has 1 unspecified atom stereocenters. The van der Waals surface area contributed by atoms with Gasteiger partial charge in [-0.05, 0) is 29.7 Å². The highest BCUT2D eigenvalue weighted by Crippen LogP contribution is 2.32. The molecule has 1 aliphatic rings. The second-order valence-corrected chi connectivity index (χ2v) is 7.88. The largest absolute Gasteiger partial charge is 0.465 e. The maximum absolute atomic E-state index is 11.7. The Hall–Kier alpha value is -2.32. The number of benzene rings is 1. The van der Waals surface area contributed by atoms with Crippen molar-refractivity contribution < 1.29 is 19.5 Å². The number of carbonyl (C=O) groups excluding carboxylic acids is 2. The zero-order valence-electron chi connectivity index (χ0n) is 13.2. The summed E-state index contributed by atoms with van der Waals surface area (Å²) in [5, 5.41) is 12.6. The Bertz CT molecular complexity index is 818. The van der Waals surface area contributed by atoms with E-state index in [1.54, 1.807) is 11.3 Å². The SMILES string of the molecule is O=C(O)NCCc1cccc(-c2ccc(CC3SC(=O)NC3=O)s2)c1. The first-order valence-electron chi connectivity index (χ1n) is 7.67. The fourth-order valence-corrected chi connectivity index (χ4v) is 4.55. The minimum atomic E-state index is -1.02. The fourth-order valence-electron chi connectivity index (χ4n) is 2.55. The molecule has 0 aliphatic carbocycles. The summed E-state index contributed by atoms with van der Waals surface area (Å²) in [6, 6.07) is 11.9. The highest BCUT2D eigenvalue weighted by Gasteiger charge is 2.31. The van der Waals surface area contributed by atoms with Crippen LogP contribution >= 0.6 is 23.1 Å². The zero-order valence-corrected chi connectivity index (χ0v) is 14.8. The summed E-state index contributed by atoms with van der Waals surface area (Å²) in [4.78, 5) is 35.5. The normalized spacial score (nSPS) is 16.7. The van der Waals surface area contributed by atoms with Crippen LogP contribution in [0.3, 0.4) is 0 Å². The topological polar surface area (TPSA) is 95.5 Å². The van der Waals surface area contributed by atoms with Crippen molar-refractivity contribution in [2.75, 3.05) is 6.54 Å². The second kappa shape index (κ2) is 7.71. The van der Waals surface area contributed by atoms with Gasteiger partial charge in [0.15, 0.2) is 0 Å². The number of hydrogen-bond acceptors (Lipinski definition) is 5. The van der Waals surface area contributed by atoms with Gasteiger partial charge in [0.25, 0.3) is 5.24 Å². The van der Waals surface area contributed by atoms with Crippen LogP contribution in [0.5, 0.6) is 0 Å². The molecule has 0 bridgehead atoms. The van der Waals surface area contributed by atoms with Crippen molar-refractivity contribution >= 4 is 40.3 Å². The third kappa shape index (κ3) is 4.61. The number of rotatable bonds is 6. The van der Waals surface area contributed by atoms with E-state index in [1.807, 2.05) is 36.4 Å². The molecule has 1 atom stereocenters. The van der Waals surface area contributed by atoms with Gasteiger partial charge < -0.3 is 10.4 Å². The fraction of sp³-hybridized carbons (Fsp3) is 0.235. The molecule has 3 N–H and O–H groups in total. The van der Waals surface area contributed by atoms with Gasteiger partial charge in [0.05, 0.1) is 5.25 Å². The Balaban J connectivity index is 1.66. The number of thiophene rings is 1. The van der Waals surface area contributed by atoms with Gasteiger partial charge in [0, 0.05) is 22.7 Å². The van der Waals surface area contributed by atoms with Crippen LogP contribution in [-0.2, 0) is 17.6 Å². The minimum absolute atomic E-state index is 0.224. The average molecular weight is 376 g/mol. The summed E-state index contributed by atoms with van der Waals surface area (Å²) in [6.45, 7) is 0.372. The maximum Gasteiger partial charge on any atom is 0.404 e. The highest BCUT2D eigenvalue weighted by atomic mass is 32.2. The van der Waals surface area contributed by atoms with E-state index < -0.39 is 6.09 Å². The molecule has 8 heteroatoms. The predicted octanol–water partition coefficient (Wildman–Crippen LogP) is 3.12. The van der Waals surface area contributed by atoms with Crippen molar-refractivity contribution in [3.63, 3.8) is 0 Å². The number of hydrogen-bond donors (Lipinski definition) is 3. The van der Waals surface area contributed by atoms with Gasteiger partial charge in [-0.15, -0.1) is 11.3 Å². The molecule has 6 nitrogen and oxygen atoms in total. The summed E-state index contributed by atoms with van der Waals surface area (Å²) in [7, 11) is 0. The molecular formula is C17H16N2O4S2. The lowest BCUT2D eigenvalue weighted by Gasteiger charge is -2.05. The van der Waals surface area contributed by atoms with Crippen molar-refractivity contribution in [2.45, 2.75) is 18.1 Å². The minimum Gasteiger partial charge on any atom is -0.465 e. The predicted molar refractivity (Wildman–Crippen MR) is 98.1 cm³/mol. The van der Waals surface area contributed by atoms with Crippen LogP contribution in [0.1, 0.15) is 10.4 Å². The first-order chi connectivity index (χ1) is 12.0. The Morgan fingerprint density at radius 3 is 2.80 bits per heavy atom. The van der Waals surface area contributed by atoms with Crippen LogP contribution in [0.4, 0.5) is 9.59 Å². The van der Waals surface area contributed by atoms with Crippen molar-refractivity contribution in [1.29, 1.82) is 0 Å². The lowest BCUT2D eigenvalue weighted by Crippen LogP contribution is -2.25. The van der Waals surface area contributed by atoms with Crippen molar-refractivity contribution in [3.8, 4) is 10.4 Å². The van der Waals surface area contributed by atoms with Gasteiger partial charge >= 0.3 is 6.09 Å². The molecule has 1 aromatic carbocycles. The van der Waals surface area contributed by atoms with Crippen LogP contribution in [0.2, 0.25) is 0 Å². The molecule has 2 heterocycles. The van der Waals surface area contributed by atoms with Crippen LogP contribution in [-0.4, -0.2) is 34.1 Å². The molecular weight excluding hydrogens is 360 g/mol. The van der Waals surface area contributed by atoms with Gasteiger partial charge in [0.2, 0.25) is 5.91 Å². The standard InChI is InChI=1S/C17H16N2O4S2/c20-15-14(25-17(23)19-15)9-12-4-5-13(24-12)11-3-1-2-10(8-11)6-7-18-16(21)22/h1-5,8,14,18H,6-7,9H2,(H,21,22)(H,19,20,23). The molecule has 1 aromatic heterocycles. The van der Waals surface area contributed by atoms with Gasteiger partial charge in [0.1, 0.15) is 0 Å². The quantitative estimate of drug-likeness (QED) is 0.720. The lowest BCUT2D eigenvalue weighted by molar-refractivity contribution is -0.118. The first-order valence-corrected chi connectivity index (χ1v) is 9.37. The van der Waals surface area contributed by atoms with E-state index in [2.05, 4.69) is 10.6 Å². The number of carboxylic acid groups (broad SMARTS) is 1. The second-order valence-electron chi connectivity index (χ2n) is 5.54. The van der Waals surface area contributed by atoms with Crippen LogP contribution < -0.4 is 10.6 Å². The molecule has 3 amide bonds. The number of nitrogens with one attached hydrogen (secondary N) is 2. The molecule has 1 aliphatic heterocycles. The molecule has 130 valence electrons. The molecule has 0 radical (unpaired) electrons. The summed E-state index contributed by atoms with van der Waals surface area (Å²) in [5.74, 6) is -0.224. The zero-order chi connectivity index (χ0) is 17.8. The Morgan fingerprint density at radius 1 is 1.24 bits per heavy atom. The van der Waals surface area contributed by atoms with Crippen molar-refractivity contribution in [3.05, 3.63) is 46.8 Å². The van der Waals surface area contributed by atoms with Crippen molar-refractivity contribution in [2.24, 2.45) is 0 Å². The van der Waals surface area contributed by atoms with Gasteiger partial charge in [-0.2, -0.15) is 0 Å². The third-order valence-corrected chi connectivity index (χ3v) is 5.85. The molecule has 3 rings (SSSR count). The van der Waals surface area contributed by atoms with E-state index in [9.17, 15) is 14.4 Å². The van der Waals surface area contributed by atoms with E-state index in [0.29, 0.717) is 19.4 Å². The monoisotopic (exact) mass is 376 g/mol. The van der Waals surface area contributed by atoms with E-state index >= 15 is 0 Å². The van der Waals surface area contributed by atoms with Crippen LogP contribution in [0.25, 0.3) is 10.4 Å². The molecule has 0 saturated carbocycles. The number of thioether (sulfide) groups is 1. The summed E-state index contributed by atoms with van der Waals surface area (Å²) >= 11 is 2.64. The molecule has 0 spiro atoms. The van der Waals surface area contributed by atoms with Gasteiger partial charge in [-0.1, -0.05) is 36.0 Å². The smallest absolute Gasteiger partial charge is 0.404 e. The third-order valence-electron chi connectivity index (χ3n) is 3.72. The van der Waals surface area contributed by atoms with Crippen LogP contribution in [0, 0.1) is 0 Å². The van der Waals surface area contributed by atoms with Crippen molar-refractivity contribution in [1.82, 2.24) is 10.6 Å². The average Bonchev–Trinajstić information content (AvgIpc) is 3.14. The number of amides is 3. The molecule has 25 heavy (non-hydrogen) atoms. The van der Waals surface area contributed by atoms with E-state index in [4.69, 9.17) is 5.11 Å². The van der Waals surface area contributed by atoms with Gasteiger partial charge in [-0.3, -0.25) is 14.9 Å². The Labute approximate surface area is 152 Å². The van der Waals surface area contributed by atoms with E-state index in [-0.39, 0.29) is 16.4 Å². The first kappa shape index (κ1) is 17.5. The summed E-state index contributed by atoms with van der Waals surface area (Å²) in [5.41, 5.74) is 2.11. The molecule has 1 saturated heterocycles. The number of imide groups is 1. The lowest BCUT2D eigenvalue weighted by atomic mass is 10.1. The summed E-state index contributed by atoms with van der Waals surface area (Å²) < 4.78 is 0. The van der Waals surface area contributed by atoms with Gasteiger partial charge in [-0.25, -0.2) is 4.79 Å². The van der Waals surface area contributed by atoms with E-state index in [0.717, 1.165) is 32.6 Å². The Kier molecular flexibility index (Phi) is 5.40. The highest BCUT2D eigenvalue weighted by molar-refractivity contribution is 8.15. The van der Waals surface area contributed by atoms with E-state index in [1.165, 1.54) is 0 Å². The van der Waals surface area contributed by atoms with Crippen LogP contribution in [0.15, 0.2) is 36.4 Å². The number of carbonyl (C=O) groups is 3.